The Bertz CT molecular complexity index is 1500. The molecule has 0 aliphatic rings. The number of anilines is 1. The molecule has 0 bridgehead atoms. The van der Waals surface area contributed by atoms with E-state index in [4.69, 9.17) is 21.1 Å². The fourth-order valence-corrected chi connectivity index (χ4v) is 4.87. The van der Waals surface area contributed by atoms with Gasteiger partial charge in [0.1, 0.15) is 0 Å². The standard InChI is InChI=1S/C26H24ClN5O4S/c1-3-10-19(17-18-11-5-4-6-12-18)37(33,34)32-24-22(36-21-14-8-7-13-20(21)35-2)23(27)30-26(31-24)25-28-15-9-16-29-25/h4-9,11-17H,3,10H2,1-2H3,(H,30,31,32). The molecule has 0 spiro atoms. The first-order chi connectivity index (χ1) is 17.9. The van der Waals surface area contributed by atoms with Gasteiger partial charge in [0, 0.05) is 12.4 Å². The van der Waals surface area contributed by atoms with Crippen LogP contribution in [0.25, 0.3) is 17.7 Å². The van der Waals surface area contributed by atoms with Gasteiger partial charge < -0.3 is 9.47 Å². The minimum absolute atomic E-state index is 0.0276. The largest absolute Gasteiger partial charge is 0.493 e. The van der Waals surface area contributed by atoms with Gasteiger partial charge in [-0.15, -0.1) is 0 Å². The number of benzene rings is 2. The fraction of sp³-hybridized carbons (Fsp3) is 0.154. The highest BCUT2D eigenvalue weighted by molar-refractivity contribution is 7.96. The molecule has 37 heavy (non-hydrogen) atoms. The van der Waals surface area contributed by atoms with Gasteiger partial charge in [-0.1, -0.05) is 67.4 Å². The first-order valence-electron chi connectivity index (χ1n) is 11.4. The monoisotopic (exact) mass is 537 g/mol. The lowest BCUT2D eigenvalue weighted by molar-refractivity contribution is 0.378. The zero-order valence-electron chi connectivity index (χ0n) is 20.1. The van der Waals surface area contributed by atoms with E-state index in [9.17, 15) is 8.42 Å². The number of methoxy groups -OCH3 is 1. The Hall–Kier alpha value is -4.02. The third-order valence-electron chi connectivity index (χ3n) is 5.07. The van der Waals surface area contributed by atoms with E-state index < -0.39 is 10.0 Å². The van der Waals surface area contributed by atoms with Crippen LogP contribution in [0, 0.1) is 0 Å². The summed E-state index contributed by atoms with van der Waals surface area (Å²) in [4.78, 5) is 17.1. The number of nitrogens with one attached hydrogen (secondary N) is 1. The quantitative estimate of drug-likeness (QED) is 0.246. The number of hydrogen-bond acceptors (Lipinski definition) is 8. The Labute approximate surface area is 220 Å². The molecule has 11 heteroatoms. The molecular formula is C26H24ClN5O4S. The number of aromatic nitrogens is 4. The van der Waals surface area contributed by atoms with Crippen molar-refractivity contribution in [2.75, 3.05) is 11.8 Å². The SMILES string of the molecule is CCCC(=Cc1ccccc1)S(=O)(=O)Nc1nc(-c2ncccn2)nc(Cl)c1Oc1ccccc1OC. The molecule has 0 radical (unpaired) electrons. The molecule has 0 aliphatic carbocycles. The second-order valence-corrected chi connectivity index (χ2v) is 9.81. The van der Waals surface area contributed by atoms with Gasteiger partial charge in [-0.05, 0) is 36.3 Å². The number of halogens is 1. The predicted octanol–water partition coefficient (Wildman–Crippen LogP) is 5.97. The van der Waals surface area contributed by atoms with E-state index in [0.29, 0.717) is 24.3 Å². The highest BCUT2D eigenvalue weighted by Crippen LogP contribution is 2.40. The Balaban J connectivity index is 1.82. The Morgan fingerprint density at radius 2 is 1.62 bits per heavy atom. The number of para-hydroxylation sites is 2. The zero-order valence-corrected chi connectivity index (χ0v) is 21.7. The van der Waals surface area contributed by atoms with Gasteiger partial charge in [0.15, 0.2) is 28.3 Å². The van der Waals surface area contributed by atoms with Crippen molar-refractivity contribution in [1.82, 2.24) is 19.9 Å². The minimum atomic E-state index is -4.07. The van der Waals surface area contributed by atoms with Crippen molar-refractivity contribution in [3.05, 3.63) is 88.7 Å². The first-order valence-corrected chi connectivity index (χ1v) is 13.2. The number of rotatable bonds is 10. The summed E-state index contributed by atoms with van der Waals surface area (Å²) in [6.45, 7) is 1.90. The van der Waals surface area contributed by atoms with E-state index in [2.05, 4.69) is 24.7 Å². The lowest BCUT2D eigenvalue weighted by Crippen LogP contribution is -2.17. The Morgan fingerprint density at radius 3 is 2.30 bits per heavy atom. The van der Waals surface area contributed by atoms with Crippen LogP contribution in [-0.2, 0) is 10.0 Å². The van der Waals surface area contributed by atoms with E-state index in [-0.39, 0.29) is 33.3 Å². The molecule has 0 atom stereocenters. The third-order valence-corrected chi connectivity index (χ3v) is 6.80. The van der Waals surface area contributed by atoms with Crippen molar-refractivity contribution in [2.24, 2.45) is 0 Å². The molecule has 2 aromatic heterocycles. The van der Waals surface area contributed by atoms with Gasteiger partial charge in [0.2, 0.25) is 11.6 Å². The number of ether oxygens (including phenoxy) is 2. The van der Waals surface area contributed by atoms with Crippen LogP contribution in [0.3, 0.4) is 0 Å². The second-order valence-electron chi connectivity index (χ2n) is 7.72. The average Bonchev–Trinajstić information content (AvgIpc) is 2.91. The topological polar surface area (TPSA) is 116 Å². The highest BCUT2D eigenvalue weighted by Gasteiger charge is 2.25. The summed E-state index contributed by atoms with van der Waals surface area (Å²) in [6.07, 6.45) is 5.57. The average molecular weight is 538 g/mol. The Kier molecular flexibility index (Phi) is 8.32. The van der Waals surface area contributed by atoms with E-state index in [0.717, 1.165) is 5.56 Å². The summed E-state index contributed by atoms with van der Waals surface area (Å²) in [6, 6.07) is 17.7. The predicted molar refractivity (Wildman–Crippen MR) is 143 cm³/mol. The van der Waals surface area contributed by atoms with Crippen molar-refractivity contribution in [2.45, 2.75) is 19.8 Å². The number of hydrogen-bond donors (Lipinski definition) is 1. The van der Waals surface area contributed by atoms with Crippen LogP contribution >= 0.6 is 11.6 Å². The molecular weight excluding hydrogens is 514 g/mol. The number of sulfonamides is 1. The van der Waals surface area contributed by atoms with Gasteiger partial charge in [0.25, 0.3) is 10.0 Å². The van der Waals surface area contributed by atoms with E-state index >= 15 is 0 Å². The third kappa shape index (κ3) is 6.41. The van der Waals surface area contributed by atoms with Gasteiger partial charge >= 0.3 is 0 Å². The molecule has 1 N–H and O–H groups in total. The van der Waals surface area contributed by atoms with Gasteiger partial charge in [-0.25, -0.2) is 28.4 Å². The molecule has 9 nitrogen and oxygen atoms in total. The van der Waals surface area contributed by atoms with Crippen LogP contribution in [0.4, 0.5) is 5.82 Å². The number of allylic oxidation sites excluding steroid dienone is 1. The maximum absolute atomic E-state index is 13.6. The summed E-state index contributed by atoms with van der Waals surface area (Å²) in [5.74, 6) is 0.655. The van der Waals surface area contributed by atoms with E-state index in [1.165, 1.54) is 19.5 Å². The summed E-state index contributed by atoms with van der Waals surface area (Å²) in [5, 5.41) is -0.134. The molecule has 0 unspecified atom stereocenters. The zero-order chi connectivity index (χ0) is 26.3. The molecule has 0 saturated heterocycles. The van der Waals surface area contributed by atoms with Crippen LogP contribution in [0.1, 0.15) is 25.3 Å². The molecule has 0 amide bonds. The fourth-order valence-electron chi connectivity index (χ4n) is 3.37. The maximum Gasteiger partial charge on any atom is 0.259 e. The molecule has 4 rings (SSSR count). The summed E-state index contributed by atoms with van der Waals surface area (Å²) < 4.78 is 41.1. The normalized spacial score (nSPS) is 11.7. The van der Waals surface area contributed by atoms with Gasteiger partial charge in [-0.2, -0.15) is 0 Å². The van der Waals surface area contributed by atoms with Crippen molar-refractivity contribution < 1.29 is 17.9 Å². The summed E-state index contributed by atoms with van der Waals surface area (Å²) in [5.41, 5.74) is 0.751. The molecule has 2 aromatic carbocycles. The van der Waals surface area contributed by atoms with E-state index in [1.807, 2.05) is 37.3 Å². The highest BCUT2D eigenvalue weighted by atomic mass is 35.5. The van der Waals surface area contributed by atoms with Crippen molar-refractivity contribution in [3.8, 4) is 28.9 Å². The molecule has 0 fully saturated rings. The van der Waals surface area contributed by atoms with Gasteiger partial charge in [0.05, 0.1) is 12.0 Å². The molecule has 190 valence electrons. The van der Waals surface area contributed by atoms with Gasteiger partial charge in [-0.3, -0.25) is 4.72 Å². The van der Waals surface area contributed by atoms with Crippen LogP contribution < -0.4 is 14.2 Å². The summed E-state index contributed by atoms with van der Waals surface area (Å²) >= 11 is 6.51. The first kappa shape index (κ1) is 26.1. The smallest absolute Gasteiger partial charge is 0.259 e. The van der Waals surface area contributed by atoms with Crippen molar-refractivity contribution in [3.63, 3.8) is 0 Å². The molecule has 0 saturated carbocycles. The van der Waals surface area contributed by atoms with Crippen LogP contribution in [-0.4, -0.2) is 35.5 Å². The lowest BCUT2D eigenvalue weighted by Gasteiger charge is -2.17. The summed E-state index contributed by atoms with van der Waals surface area (Å²) in [7, 11) is -2.58. The van der Waals surface area contributed by atoms with Crippen LogP contribution in [0.2, 0.25) is 5.15 Å². The second kappa shape index (κ2) is 11.8. The van der Waals surface area contributed by atoms with E-state index in [1.54, 1.807) is 36.4 Å². The minimum Gasteiger partial charge on any atom is -0.493 e. The molecule has 4 aromatic rings. The maximum atomic E-state index is 13.6. The molecule has 0 aliphatic heterocycles. The van der Waals surface area contributed by atoms with Crippen molar-refractivity contribution in [1.29, 1.82) is 0 Å². The van der Waals surface area contributed by atoms with Crippen molar-refractivity contribution >= 4 is 33.5 Å². The Morgan fingerprint density at radius 1 is 0.946 bits per heavy atom. The van der Waals surface area contributed by atoms with Crippen LogP contribution in [0.15, 0.2) is 78.0 Å². The molecule has 2 heterocycles. The van der Waals surface area contributed by atoms with Crippen LogP contribution in [0.5, 0.6) is 17.2 Å². The lowest BCUT2D eigenvalue weighted by atomic mass is 10.2. The number of nitrogens with zero attached hydrogens (tertiary/aromatic N) is 4.